The molecule has 10 atom stereocenters. The van der Waals surface area contributed by atoms with Crippen molar-refractivity contribution < 1.29 is 64.5 Å². The van der Waals surface area contributed by atoms with E-state index < -0.39 is 73.9 Å². The van der Waals surface area contributed by atoms with E-state index in [-0.39, 0.29) is 6.61 Å². The van der Waals surface area contributed by atoms with Crippen LogP contribution in [0.1, 0.15) is 5.56 Å². The molecule has 1 unspecified atom stereocenters. The van der Waals surface area contributed by atoms with E-state index in [9.17, 15) is 40.9 Å². The predicted molar refractivity (Wildman–Crippen MR) is 111 cm³/mol. The van der Waals surface area contributed by atoms with Crippen molar-refractivity contribution >= 4 is 0 Å². The maximum absolute atomic E-state index is 11.4. The normalized spacial score (nSPS) is 39.5. The summed E-state index contributed by atoms with van der Waals surface area (Å²) in [6.45, 7) is -1.50. The Kier molecular flexibility index (Phi) is 8.70. The highest BCUT2D eigenvalue weighted by atomic mass is 16.7. The molecule has 0 bridgehead atoms. The van der Waals surface area contributed by atoms with Gasteiger partial charge in [0.2, 0.25) is 0 Å². The van der Waals surface area contributed by atoms with Crippen molar-refractivity contribution in [3.05, 3.63) is 23.8 Å². The first kappa shape index (κ1) is 27.0. The standard InChI is InChI=1S/C21H32O13/c1-30-10-4-3-9(12(5-10)31-2)7-33-20-21(29,18(27)15(25)13(6-22)34-20)19(28)17-16(26)14(24)11(23)8-32-17/h3-5,11,13-20,22-29H,6-8H2,1-2H3/t11-,13+,14+,15+,16-,17-,18-,19?,20-,21-/m0/s1. The number of ether oxygens (including phenoxy) is 5. The first-order valence-corrected chi connectivity index (χ1v) is 10.6. The number of benzene rings is 1. The first-order chi connectivity index (χ1) is 16.1. The fourth-order valence-corrected chi connectivity index (χ4v) is 4.11. The number of hydrogen-bond donors (Lipinski definition) is 8. The van der Waals surface area contributed by atoms with Gasteiger partial charge in [-0.25, -0.2) is 0 Å². The van der Waals surface area contributed by atoms with E-state index in [1.54, 1.807) is 18.2 Å². The van der Waals surface area contributed by atoms with E-state index in [1.165, 1.54) is 14.2 Å². The van der Waals surface area contributed by atoms with Crippen LogP contribution in [0.3, 0.4) is 0 Å². The fraction of sp³-hybridized carbons (Fsp3) is 0.714. The minimum absolute atomic E-state index is 0.275. The highest BCUT2D eigenvalue weighted by Gasteiger charge is 2.62. The number of hydrogen-bond acceptors (Lipinski definition) is 13. The van der Waals surface area contributed by atoms with Crippen molar-refractivity contribution in [1.29, 1.82) is 0 Å². The third-order valence-electron chi connectivity index (χ3n) is 6.24. The van der Waals surface area contributed by atoms with Gasteiger partial charge in [-0.1, -0.05) is 0 Å². The second-order valence-electron chi connectivity index (χ2n) is 8.29. The maximum atomic E-state index is 11.4. The molecule has 0 aromatic heterocycles. The van der Waals surface area contributed by atoms with Gasteiger partial charge in [0.1, 0.15) is 60.3 Å². The SMILES string of the molecule is COc1ccc(CO[C@H]2O[C@H](CO)[C@@H](O)[C@H](O)[C@]2(O)C(O)[C@H]2OC[C@H](O)[C@@H](O)[C@@H]2O)c(OC)c1. The van der Waals surface area contributed by atoms with Gasteiger partial charge in [-0.05, 0) is 12.1 Å². The molecule has 34 heavy (non-hydrogen) atoms. The molecular weight excluding hydrogens is 460 g/mol. The van der Waals surface area contributed by atoms with Gasteiger partial charge in [0.25, 0.3) is 0 Å². The van der Waals surface area contributed by atoms with Crippen molar-refractivity contribution in [2.75, 3.05) is 27.4 Å². The molecule has 2 aliphatic rings. The number of methoxy groups -OCH3 is 2. The van der Waals surface area contributed by atoms with Gasteiger partial charge in [-0.15, -0.1) is 0 Å². The number of rotatable bonds is 8. The molecule has 2 saturated heterocycles. The molecule has 0 amide bonds. The van der Waals surface area contributed by atoms with E-state index in [1.807, 2.05) is 0 Å². The monoisotopic (exact) mass is 492 g/mol. The van der Waals surface area contributed by atoms with Crippen molar-refractivity contribution in [2.24, 2.45) is 0 Å². The van der Waals surface area contributed by atoms with Crippen molar-refractivity contribution in [1.82, 2.24) is 0 Å². The lowest BCUT2D eigenvalue weighted by molar-refractivity contribution is -0.375. The van der Waals surface area contributed by atoms with E-state index in [4.69, 9.17) is 23.7 Å². The molecule has 2 heterocycles. The summed E-state index contributed by atoms with van der Waals surface area (Å²) in [6.07, 6.45) is -16.1. The molecule has 1 aromatic rings. The lowest BCUT2D eigenvalue weighted by Crippen LogP contribution is -2.75. The summed E-state index contributed by atoms with van der Waals surface area (Å²) >= 11 is 0. The van der Waals surface area contributed by atoms with Crippen LogP contribution in [0.25, 0.3) is 0 Å². The lowest BCUT2D eigenvalue weighted by Gasteiger charge is -2.52. The molecule has 13 nitrogen and oxygen atoms in total. The van der Waals surface area contributed by atoms with Crippen LogP contribution in [0.15, 0.2) is 18.2 Å². The molecule has 3 rings (SSSR count). The second-order valence-corrected chi connectivity index (χ2v) is 8.29. The highest BCUT2D eigenvalue weighted by Crippen LogP contribution is 2.38. The van der Waals surface area contributed by atoms with Crippen molar-refractivity contribution in [3.8, 4) is 11.5 Å². The van der Waals surface area contributed by atoms with Gasteiger partial charge in [0, 0.05) is 11.6 Å². The largest absolute Gasteiger partial charge is 0.497 e. The van der Waals surface area contributed by atoms with Gasteiger partial charge >= 0.3 is 0 Å². The Bertz CT molecular complexity index is 809. The molecule has 2 fully saturated rings. The molecule has 0 aliphatic carbocycles. The van der Waals surface area contributed by atoms with E-state index in [0.29, 0.717) is 17.1 Å². The van der Waals surface area contributed by atoms with Gasteiger partial charge in [-0.2, -0.15) is 0 Å². The minimum Gasteiger partial charge on any atom is -0.497 e. The molecule has 13 heteroatoms. The molecule has 2 aliphatic heterocycles. The first-order valence-electron chi connectivity index (χ1n) is 10.6. The van der Waals surface area contributed by atoms with Crippen LogP contribution in [0, 0.1) is 0 Å². The van der Waals surface area contributed by atoms with Crippen LogP contribution in [0.5, 0.6) is 11.5 Å². The third-order valence-corrected chi connectivity index (χ3v) is 6.24. The number of aliphatic hydroxyl groups is 8. The summed E-state index contributed by atoms with van der Waals surface area (Å²) in [5.74, 6) is 0.867. The quantitative estimate of drug-likeness (QED) is 0.176. The van der Waals surface area contributed by atoms with Crippen LogP contribution < -0.4 is 9.47 Å². The van der Waals surface area contributed by atoms with Gasteiger partial charge in [0.05, 0.1) is 34.0 Å². The van der Waals surface area contributed by atoms with Crippen LogP contribution in [-0.4, -0.2) is 129 Å². The Hall–Kier alpha value is -1.62. The van der Waals surface area contributed by atoms with E-state index in [0.717, 1.165) is 0 Å². The van der Waals surface area contributed by atoms with E-state index >= 15 is 0 Å². The van der Waals surface area contributed by atoms with E-state index in [2.05, 4.69) is 0 Å². The molecule has 8 N–H and O–H groups in total. The van der Waals surface area contributed by atoms with Crippen molar-refractivity contribution in [2.45, 2.75) is 67.3 Å². The molecular formula is C21H32O13. The molecule has 1 aromatic carbocycles. The predicted octanol–water partition coefficient (Wildman–Crippen LogP) is -3.77. The maximum Gasteiger partial charge on any atom is 0.192 e. The summed E-state index contributed by atoms with van der Waals surface area (Å²) in [7, 11) is 2.89. The smallest absolute Gasteiger partial charge is 0.192 e. The fourth-order valence-electron chi connectivity index (χ4n) is 4.11. The average Bonchev–Trinajstić information content (AvgIpc) is 2.85. The summed E-state index contributed by atoms with van der Waals surface area (Å²) in [6, 6.07) is 4.81. The van der Waals surface area contributed by atoms with Crippen LogP contribution >= 0.6 is 0 Å². The van der Waals surface area contributed by atoms with Crippen LogP contribution in [0.4, 0.5) is 0 Å². The summed E-state index contributed by atoms with van der Waals surface area (Å²) in [4.78, 5) is 0. The van der Waals surface area contributed by atoms with Crippen LogP contribution in [0.2, 0.25) is 0 Å². The Labute approximate surface area is 195 Å². The zero-order valence-electron chi connectivity index (χ0n) is 18.7. The molecule has 0 spiro atoms. The third kappa shape index (κ3) is 4.87. The Morgan fingerprint density at radius 3 is 2.38 bits per heavy atom. The van der Waals surface area contributed by atoms with Crippen LogP contribution in [-0.2, 0) is 20.8 Å². The van der Waals surface area contributed by atoms with Crippen molar-refractivity contribution in [3.63, 3.8) is 0 Å². The van der Waals surface area contributed by atoms with Gasteiger partial charge in [-0.3, -0.25) is 0 Å². The zero-order valence-corrected chi connectivity index (χ0v) is 18.7. The summed E-state index contributed by atoms with van der Waals surface area (Å²) < 4.78 is 26.8. The Morgan fingerprint density at radius 2 is 1.76 bits per heavy atom. The van der Waals surface area contributed by atoms with Gasteiger partial charge in [0.15, 0.2) is 11.9 Å². The zero-order chi connectivity index (χ0) is 25.2. The Balaban J connectivity index is 1.89. The van der Waals surface area contributed by atoms with Gasteiger partial charge < -0.3 is 64.5 Å². The topological polar surface area (TPSA) is 208 Å². The average molecular weight is 492 g/mol. The highest BCUT2D eigenvalue weighted by molar-refractivity contribution is 5.40. The molecule has 194 valence electrons. The summed E-state index contributed by atoms with van der Waals surface area (Å²) in [5.41, 5.74) is -2.32. The number of aliphatic hydroxyl groups excluding tert-OH is 7. The summed E-state index contributed by atoms with van der Waals surface area (Å²) in [5, 5.41) is 82.8. The Morgan fingerprint density at radius 1 is 1.06 bits per heavy atom. The lowest BCUT2D eigenvalue weighted by atomic mass is 9.77. The molecule has 0 saturated carbocycles. The molecule has 0 radical (unpaired) electrons. The second kappa shape index (κ2) is 11.0. The minimum atomic E-state index is -2.79.